The van der Waals surface area contributed by atoms with E-state index in [1.54, 1.807) is 26.0 Å². The highest BCUT2D eigenvalue weighted by Gasteiger charge is 2.37. The first-order valence-electron chi connectivity index (χ1n) is 15.1. The molecule has 2 amide bonds. The third kappa shape index (κ3) is 11.1. The number of carbonyl (C=O) groups excluding carboxylic acids is 4. The van der Waals surface area contributed by atoms with Crippen molar-refractivity contribution < 1.29 is 33.8 Å². The van der Waals surface area contributed by atoms with Crippen LogP contribution in [-0.4, -0.2) is 53.7 Å². The molecule has 1 aliphatic rings. The molecule has 2 aromatic carbocycles. The normalized spacial score (nSPS) is 23.1. The summed E-state index contributed by atoms with van der Waals surface area (Å²) in [5.74, 6) is -2.73. The first-order valence-corrected chi connectivity index (χ1v) is 15.5. The molecule has 3 N–H and O–H groups in total. The summed E-state index contributed by atoms with van der Waals surface area (Å²) in [6.45, 7) is 8.82. The molecule has 0 spiro atoms. The molecule has 242 valence electrons. The van der Waals surface area contributed by atoms with Gasteiger partial charge < -0.3 is 25.2 Å². The van der Waals surface area contributed by atoms with Gasteiger partial charge in [-0.1, -0.05) is 87.0 Å². The molecular formula is C35H43ClN2O7. The van der Waals surface area contributed by atoms with Crippen LogP contribution in [0.4, 0.5) is 0 Å². The number of amides is 2. The van der Waals surface area contributed by atoms with Crippen LogP contribution in [0.5, 0.6) is 5.75 Å². The minimum atomic E-state index is -1.20. The second-order valence-corrected chi connectivity index (χ2v) is 12.8. The van der Waals surface area contributed by atoms with Crippen molar-refractivity contribution in [1.82, 2.24) is 10.6 Å². The first kappa shape index (κ1) is 35.4. The van der Waals surface area contributed by atoms with Crippen LogP contribution >= 0.6 is 11.6 Å². The topological polar surface area (TPSA) is 131 Å². The predicted molar refractivity (Wildman–Crippen MR) is 173 cm³/mol. The van der Waals surface area contributed by atoms with Crippen molar-refractivity contribution >= 4 is 41.4 Å². The average Bonchev–Trinajstić information content (AvgIpc) is 2.99. The fraction of sp³-hybridized carbons (Fsp3) is 0.429. The van der Waals surface area contributed by atoms with Crippen LogP contribution in [-0.2, 0) is 35.1 Å². The maximum Gasteiger partial charge on any atom is 0.347 e. The van der Waals surface area contributed by atoms with Gasteiger partial charge in [0.15, 0.2) is 6.10 Å². The van der Waals surface area contributed by atoms with Gasteiger partial charge in [0.2, 0.25) is 11.8 Å². The zero-order chi connectivity index (χ0) is 33.1. The average molecular weight is 639 g/mol. The molecule has 0 saturated heterocycles. The Balaban J connectivity index is 1.93. The summed E-state index contributed by atoms with van der Waals surface area (Å²) in [6.07, 6.45) is 5.46. The Morgan fingerprint density at radius 1 is 1.04 bits per heavy atom. The van der Waals surface area contributed by atoms with Crippen molar-refractivity contribution in [2.24, 2.45) is 17.3 Å². The summed E-state index contributed by atoms with van der Waals surface area (Å²) in [4.78, 5) is 53.1. The monoisotopic (exact) mass is 638 g/mol. The SMILES string of the molecule is CC(C)C[C@@H]1OC(=O)C(C)(C)CNC(=O)[C@@H](Cc2ccc(O)c(Cl)c2)NC(=O)/C=C/C[C@@H]([C@H](C)/C=C/c2ccccc2)OC1=O. The van der Waals surface area contributed by atoms with Crippen LogP contribution < -0.4 is 10.6 Å². The van der Waals surface area contributed by atoms with Gasteiger partial charge >= 0.3 is 11.9 Å². The molecular weight excluding hydrogens is 596 g/mol. The van der Waals surface area contributed by atoms with E-state index in [0.29, 0.717) is 5.56 Å². The standard InChI is InChI=1S/C35H43ClN2O7/c1-22(2)18-30-33(42)44-29(23(3)14-15-24-10-7-6-8-11-24)12-9-13-31(40)38-27(20-25-16-17-28(39)26(36)19-25)32(41)37-21-35(4,5)34(43)45-30/h6-11,13-17,19,22-23,27,29-30,39H,12,18,20-21H2,1-5H3,(H,37,41)(H,38,40)/b13-9+,15-14+/t23-,27-,29+,30+/m1/s1. The molecule has 0 radical (unpaired) electrons. The van der Waals surface area contributed by atoms with Crippen LogP contribution in [0.15, 0.2) is 66.8 Å². The Hall–Kier alpha value is -4.11. The van der Waals surface area contributed by atoms with E-state index in [4.69, 9.17) is 21.1 Å². The van der Waals surface area contributed by atoms with Crippen molar-refractivity contribution in [2.75, 3.05) is 6.54 Å². The maximum absolute atomic E-state index is 13.4. The molecule has 1 heterocycles. The zero-order valence-electron chi connectivity index (χ0n) is 26.4. The molecule has 0 unspecified atom stereocenters. The minimum absolute atomic E-state index is 0.0235. The Morgan fingerprint density at radius 2 is 1.76 bits per heavy atom. The second kappa shape index (κ2) is 16.3. The number of aromatic hydroxyl groups is 1. The summed E-state index contributed by atoms with van der Waals surface area (Å²) in [5.41, 5.74) is 0.383. The van der Waals surface area contributed by atoms with Crippen LogP contribution in [0.25, 0.3) is 6.08 Å². The lowest BCUT2D eigenvalue weighted by atomic mass is 9.93. The number of hydrogen-bond donors (Lipinski definition) is 3. The van der Waals surface area contributed by atoms with Gasteiger partial charge in [-0.2, -0.15) is 0 Å². The number of halogens is 1. The number of rotatable bonds is 7. The highest BCUT2D eigenvalue weighted by molar-refractivity contribution is 6.32. The molecule has 1 aliphatic heterocycles. The quantitative estimate of drug-likeness (QED) is 0.346. The lowest BCUT2D eigenvalue weighted by Crippen LogP contribution is -2.51. The number of phenolic OH excluding ortho intramolecular Hbond substituents is 1. The van der Waals surface area contributed by atoms with Crippen molar-refractivity contribution in [3.63, 3.8) is 0 Å². The number of nitrogens with one attached hydrogen (secondary N) is 2. The number of ether oxygens (including phenoxy) is 2. The summed E-state index contributed by atoms with van der Waals surface area (Å²) < 4.78 is 11.7. The largest absolute Gasteiger partial charge is 0.506 e. The van der Waals surface area contributed by atoms with Crippen LogP contribution in [0.2, 0.25) is 5.02 Å². The fourth-order valence-electron chi connectivity index (χ4n) is 4.61. The highest BCUT2D eigenvalue weighted by atomic mass is 35.5. The number of esters is 2. The van der Waals surface area contributed by atoms with Crippen molar-refractivity contribution in [1.29, 1.82) is 0 Å². The van der Waals surface area contributed by atoms with Gasteiger partial charge in [-0.05, 0) is 55.5 Å². The van der Waals surface area contributed by atoms with Crippen molar-refractivity contribution in [3.8, 4) is 5.75 Å². The Kier molecular flexibility index (Phi) is 12.8. The van der Waals surface area contributed by atoms with E-state index in [1.807, 2.05) is 63.3 Å². The minimum Gasteiger partial charge on any atom is -0.506 e. The molecule has 45 heavy (non-hydrogen) atoms. The summed E-state index contributed by atoms with van der Waals surface area (Å²) in [6, 6.07) is 13.2. The Bertz CT molecular complexity index is 1400. The van der Waals surface area contributed by atoms with E-state index in [2.05, 4.69) is 10.6 Å². The molecule has 2 aromatic rings. The molecule has 0 bridgehead atoms. The van der Waals surface area contributed by atoms with E-state index in [9.17, 15) is 24.3 Å². The number of carbonyl (C=O) groups is 4. The third-order valence-corrected chi connectivity index (χ3v) is 7.73. The number of cyclic esters (lactones) is 2. The van der Waals surface area contributed by atoms with Crippen LogP contribution in [0.3, 0.4) is 0 Å². The van der Waals surface area contributed by atoms with Gasteiger partial charge in [0, 0.05) is 25.3 Å². The summed E-state index contributed by atoms with van der Waals surface area (Å²) in [5, 5.41) is 15.4. The van der Waals surface area contributed by atoms with Gasteiger partial charge in [-0.15, -0.1) is 0 Å². The molecule has 4 atom stereocenters. The number of benzene rings is 2. The van der Waals surface area contributed by atoms with Crippen LogP contribution in [0.1, 0.15) is 58.6 Å². The Labute approximate surface area is 270 Å². The smallest absolute Gasteiger partial charge is 0.347 e. The lowest BCUT2D eigenvalue weighted by molar-refractivity contribution is -0.178. The first-order chi connectivity index (χ1) is 21.2. The fourth-order valence-corrected chi connectivity index (χ4v) is 4.81. The molecule has 0 fully saturated rings. The van der Waals surface area contributed by atoms with E-state index in [0.717, 1.165) is 5.56 Å². The predicted octanol–water partition coefficient (Wildman–Crippen LogP) is 5.39. The molecule has 9 nitrogen and oxygen atoms in total. The maximum atomic E-state index is 13.4. The van der Waals surface area contributed by atoms with Crippen molar-refractivity contribution in [3.05, 3.63) is 82.9 Å². The molecule has 10 heteroatoms. The van der Waals surface area contributed by atoms with E-state index in [1.165, 1.54) is 18.2 Å². The van der Waals surface area contributed by atoms with E-state index in [-0.39, 0.29) is 48.4 Å². The van der Waals surface area contributed by atoms with Gasteiger partial charge in [-0.25, -0.2) is 4.79 Å². The van der Waals surface area contributed by atoms with E-state index < -0.39 is 47.4 Å². The van der Waals surface area contributed by atoms with Gasteiger partial charge in [0.25, 0.3) is 0 Å². The molecule has 0 aliphatic carbocycles. The molecule has 3 rings (SSSR count). The second-order valence-electron chi connectivity index (χ2n) is 12.4. The lowest BCUT2D eigenvalue weighted by Gasteiger charge is -2.29. The number of hydrogen-bond acceptors (Lipinski definition) is 7. The molecule has 0 saturated carbocycles. The van der Waals surface area contributed by atoms with Gasteiger partial charge in [-0.3, -0.25) is 14.4 Å². The highest BCUT2D eigenvalue weighted by Crippen LogP contribution is 2.25. The van der Waals surface area contributed by atoms with Crippen LogP contribution in [0, 0.1) is 17.3 Å². The summed E-state index contributed by atoms with van der Waals surface area (Å²) in [7, 11) is 0. The third-order valence-electron chi connectivity index (χ3n) is 7.42. The zero-order valence-corrected chi connectivity index (χ0v) is 27.2. The summed E-state index contributed by atoms with van der Waals surface area (Å²) >= 11 is 6.07. The molecule has 0 aromatic heterocycles. The van der Waals surface area contributed by atoms with Gasteiger partial charge in [0.1, 0.15) is 17.9 Å². The van der Waals surface area contributed by atoms with Gasteiger partial charge in [0.05, 0.1) is 10.4 Å². The number of phenols is 1. The van der Waals surface area contributed by atoms with Crippen molar-refractivity contribution in [2.45, 2.75) is 72.1 Å². The Morgan fingerprint density at radius 3 is 2.42 bits per heavy atom. The van der Waals surface area contributed by atoms with E-state index >= 15 is 0 Å².